The van der Waals surface area contributed by atoms with Gasteiger partial charge in [-0.3, -0.25) is 9.10 Å². The summed E-state index contributed by atoms with van der Waals surface area (Å²) in [5.74, 6) is -0.192. The van der Waals surface area contributed by atoms with Crippen molar-refractivity contribution in [3.05, 3.63) is 51.2 Å². The summed E-state index contributed by atoms with van der Waals surface area (Å²) in [7, 11) is -1.93. The number of thiophene rings is 1. The second-order valence-electron chi connectivity index (χ2n) is 7.18. The van der Waals surface area contributed by atoms with Gasteiger partial charge in [-0.2, -0.15) is 0 Å². The lowest BCUT2D eigenvalue weighted by Crippen LogP contribution is -2.24. The van der Waals surface area contributed by atoms with E-state index in [2.05, 4.69) is 6.92 Å². The van der Waals surface area contributed by atoms with Crippen molar-refractivity contribution in [1.29, 1.82) is 0 Å². The Morgan fingerprint density at radius 2 is 1.93 bits per heavy atom. The highest BCUT2D eigenvalue weighted by atomic mass is 32.2. The van der Waals surface area contributed by atoms with Crippen LogP contribution in [0.2, 0.25) is 0 Å². The molecule has 0 saturated heterocycles. The van der Waals surface area contributed by atoms with E-state index < -0.39 is 16.0 Å². The Morgan fingerprint density at radius 3 is 2.57 bits per heavy atom. The maximum absolute atomic E-state index is 12.3. The number of carbonyl (C=O) groups is 2. The van der Waals surface area contributed by atoms with Crippen LogP contribution in [0.4, 0.5) is 5.69 Å². The average Bonchev–Trinajstić information content (AvgIpc) is 3.07. The van der Waals surface area contributed by atoms with E-state index in [1.165, 1.54) is 41.0 Å². The number of sulfonamides is 1. The normalized spacial score (nSPS) is 16.3. The first-order chi connectivity index (χ1) is 13.1. The van der Waals surface area contributed by atoms with Gasteiger partial charge in [-0.25, -0.2) is 13.2 Å². The third-order valence-corrected chi connectivity index (χ3v) is 7.34. The second kappa shape index (κ2) is 8.05. The highest BCUT2D eigenvalue weighted by Crippen LogP contribution is 2.32. The molecule has 0 amide bonds. The van der Waals surface area contributed by atoms with Crippen LogP contribution in [-0.2, 0) is 27.6 Å². The van der Waals surface area contributed by atoms with E-state index in [0.29, 0.717) is 22.0 Å². The van der Waals surface area contributed by atoms with E-state index >= 15 is 0 Å². The van der Waals surface area contributed by atoms with Crippen LogP contribution in [0.25, 0.3) is 0 Å². The van der Waals surface area contributed by atoms with Crippen LogP contribution >= 0.6 is 11.3 Å². The maximum Gasteiger partial charge on any atom is 0.348 e. The van der Waals surface area contributed by atoms with Crippen molar-refractivity contribution in [2.24, 2.45) is 5.92 Å². The molecule has 0 radical (unpaired) electrons. The van der Waals surface area contributed by atoms with Crippen molar-refractivity contribution in [1.82, 2.24) is 0 Å². The molecule has 8 heteroatoms. The predicted octanol–water partition coefficient (Wildman–Crippen LogP) is 3.31. The van der Waals surface area contributed by atoms with Crippen molar-refractivity contribution in [3.63, 3.8) is 0 Å². The molecule has 150 valence electrons. The number of hydrogen-bond donors (Lipinski definition) is 0. The number of Topliss-reactive ketones (excluding diaryl/α,β-unsaturated/α-hetero) is 1. The molecule has 0 saturated carbocycles. The predicted molar refractivity (Wildman–Crippen MR) is 110 cm³/mol. The SMILES string of the molecule is C[C@H]1CCc2sc(C(=O)OCC(=O)c3ccc(N(C)S(C)(=O)=O)cc3)cc2C1. The summed E-state index contributed by atoms with van der Waals surface area (Å²) < 4.78 is 29.4. The van der Waals surface area contributed by atoms with Gasteiger partial charge in [0.1, 0.15) is 4.88 Å². The zero-order valence-electron chi connectivity index (χ0n) is 16.1. The van der Waals surface area contributed by atoms with Gasteiger partial charge in [0, 0.05) is 17.5 Å². The van der Waals surface area contributed by atoms with Crippen molar-refractivity contribution in [3.8, 4) is 0 Å². The van der Waals surface area contributed by atoms with E-state index in [1.807, 2.05) is 6.07 Å². The first kappa shape index (κ1) is 20.5. The molecule has 1 aliphatic rings. The smallest absolute Gasteiger partial charge is 0.348 e. The number of ether oxygens (including phenoxy) is 1. The monoisotopic (exact) mass is 421 g/mol. The Balaban J connectivity index is 1.60. The molecular formula is C20H23NO5S2. The summed E-state index contributed by atoms with van der Waals surface area (Å²) in [5.41, 5.74) is 2.03. The summed E-state index contributed by atoms with van der Waals surface area (Å²) in [6.45, 7) is 1.86. The highest BCUT2D eigenvalue weighted by Gasteiger charge is 2.22. The van der Waals surface area contributed by atoms with Gasteiger partial charge in [-0.15, -0.1) is 11.3 Å². The lowest BCUT2D eigenvalue weighted by Gasteiger charge is -2.16. The van der Waals surface area contributed by atoms with Crippen LogP contribution < -0.4 is 4.31 Å². The zero-order chi connectivity index (χ0) is 20.5. The summed E-state index contributed by atoms with van der Waals surface area (Å²) in [4.78, 5) is 26.4. The van der Waals surface area contributed by atoms with Gasteiger partial charge in [-0.1, -0.05) is 6.92 Å². The van der Waals surface area contributed by atoms with Gasteiger partial charge in [0.15, 0.2) is 12.4 Å². The van der Waals surface area contributed by atoms with Crippen LogP contribution in [0, 0.1) is 5.92 Å². The molecule has 0 bridgehead atoms. The molecule has 0 unspecified atom stereocenters. The molecule has 3 rings (SSSR count). The quantitative estimate of drug-likeness (QED) is 0.528. The zero-order valence-corrected chi connectivity index (χ0v) is 17.7. The maximum atomic E-state index is 12.3. The molecular weight excluding hydrogens is 398 g/mol. The summed E-state index contributed by atoms with van der Waals surface area (Å²) >= 11 is 1.45. The number of nitrogens with zero attached hydrogens (tertiary/aromatic N) is 1. The average molecular weight is 422 g/mol. The molecule has 0 fully saturated rings. The van der Waals surface area contributed by atoms with Gasteiger partial charge in [0.25, 0.3) is 0 Å². The molecule has 1 aromatic heterocycles. The van der Waals surface area contributed by atoms with Crippen molar-refractivity contribution < 1.29 is 22.7 Å². The minimum Gasteiger partial charge on any atom is -0.453 e. The first-order valence-corrected chi connectivity index (χ1v) is 11.7. The number of esters is 1. The van der Waals surface area contributed by atoms with Gasteiger partial charge in [0.05, 0.1) is 11.9 Å². The first-order valence-electron chi connectivity index (χ1n) is 9.01. The molecule has 28 heavy (non-hydrogen) atoms. The van der Waals surface area contributed by atoms with E-state index in [4.69, 9.17) is 4.74 Å². The molecule has 6 nitrogen and oxygen atoms in total. The Morgan fingerprint density at radius 1 is 1.25 bits per heavy atom. The number of hydrogen-bond acceptors (Lipinski definition) is 6. The lowest BCUT2D eigenvalue weighted by atomic mass is 9.90. The molecule has 1 aliphatic carbocycles. The number of rotatable bonds is 6. The third kappa shape index (κ3) is 4.62. The molecule has 2 aromatic rings. The number of benzene rings is 1. The summed E-state index contributed by atoms with van der Waals surface area (Å²) in [5, 5.41) is 0. The van der Waals surface area contributed by atoms with Gasteiger partial charge < -0.3 is 4.74 Å². The molecule has 1 atom stereocenters. The van der Waals surface area contributed by atoms with Crippen LogP contribution in [0.1, 0.15) is 43.8 Å². The number of ketones is 1. The molecule has 1 aromatic carbocycles. The largest absolute Gasteiger partial charge is 0.453 e. The highest BCUT2D eigenvalue weighted by molar-refractivity contribution is 7.92. The Hall–Kier alpha value is -2.19. The number of carbonyl (C=O) groups excluding carboxylic acids is 2. The molecule has 1 heterocycles. The molecule has 0 aliphatic heterocycles. The fourth-order valence-electron chi connectivity index (χ4n) is 3.14. The van der Waals surface area contributed by atoms with Crippen molar-refractivity contribution >= 4 is 38.8 Å². The Bertz CT molecular complexity index is 992. The van der Waals surface area contributed by atoms with Gasteiger partial charge >= 0.3 is 5.97 Å². The topological polar surface area (TPSA) is 80.8 Å². The second-order valence-corrected chi connectivity index (χ2v) is 10.3. The van der Waals surface area contributed by atoms with Gasteiger partial charge in [0.2, 0.25) is 10.0 Å². The fraction of sp³-hybridized carbons (Fsp3) is 0.400. The standard InChI is InChI=1S/C20H23NO5S2/c1-13-4-9-18-15(10-13)11-19(27-18)20(23)26-12-17(22)14-5-7-16(8-6-14)21(2)28(3,24)25/h5-8,11,13H,4,9-10,12H2,1-3H3/t13-/m0/s1. The molecule has 0 N–H and O–H groups in total. The molecule has 0 spiro atoms. The van der Waals surface area contributed by atoms with E-state index in [1.54, 1.807) is 12.1 Å². The number of fused-ring (bicyclic) bond motifs is 1. The number of aryl methyl sites for hydroxylation is 1. The lowest BCUT2D eigenvalue weighted by molar-refractivity contribution is 0.0479. The Labute approximate surface area is 169 Å². The van der Waals surface area contributed by atoms with Crippen LogP contribution in [0.15, 0.2) is 30.3 Å². The van der Waals surface area contributed by atoms with E-state index in [-0.39, 0.29) is 12.4 Å². The minimum atomic E-state index is -3.37. The fourth-order valence-corrected chi connectivity index (χ4v) is 4.75. The van der Waals surface area contributed by atoms with Crippen molar-refractivity contribution in [2.75, 3.05) is 24.2 Å². The Kier molecular flexibility index (Phi) is 5.90. The van der Waals surface area contributed by atoms with Crippen LogP contribution in [-0.4, -0.2) is 40.1 Å². The van der Waals surface area contributed by atoms with Crippen LogP contribution in [0.3, 0.4) is 0 Å². The summed E-state index contributed by atoms with van der Waals surface area (Å²) in [6.07, 6.45) is 4.20. The van der Waals surface area contributed by atoms with E-state index in [0.717, 1.165) is 29.8 Å². The van der Waals surface area contributed by atoms with Crippen LogP contribution in [0.5, 0.6) is 0 Å². The number of anilines is 1. The van der Waals surface area contributed by atoms with E-state index in [9.17, 15) is 18.0 Å². The minimum absolute atomic E-state index is 0.336. The summed E-state index contributed by atoms with van der Waals surface area (Å²) in [6, 6.07) is 8.03. The van der Waals surface area contributed by atoms with Crippen molar-refractivity contribution in [2.45, 2.75) is 26.2 Å². The third-order valence-electron chi connectivity index (χ3n) is 4.92. The van der Waals surface area contributed by atoms with Gasteiger partial charge in [-0.05, 0) is 61.1 Å².